The highest BCUT2D eigenvalue weighted by Crippen LogP contribution is 2.35. The van der Waals surface area contributed by atoms with E-state index in [0.29, 0.717) is 19.1 Å². The third-order valence-electron chi connectivity index (χ3n) is 5.57. The standard InChI is InChI=1S/C19H27N3O2/c1-24-13-17-12-21(19(23)15-5-3-2-4-6-15)11-16-9-20-22(18(16)17)10-14-7-8-14/h2-3,9,14-15,17H,4-8,10-13H2,1H3. The van der Waals surface area contributed by atoms with Crippen LogP contribution in [0.1, 0.15) is 49.3 Å². The predicted molar refractivity (Wildman–Crippen MR) is 91.5 cm³/mol. The second-order valence-electron chi connectivity index (χ2n) is 7.53. The highest BCUT2D eigenvalue weighted by atomic mass is 16.5. The first kappa shape index (κ1) is 15.9. The largest absolute Gasteiger partial charge is 0.384 e. The number of ether oxygens (including phenoxy) is 1. The van der Waals surface area contributed by atoms with Gasteiger partial charge in [0.2, 0.25) is 5.91 Å². The van der Waals surface area contributed by atoms with Gasteiger partial charge in [0, 0.05) is 44.1 Å². The van der Waals surface area contributed by atoms with Crippen molar-refractivity contribution in [3.8, 4) is 0 Å². The highest BCUT2D eigenvalue weighted by molar-refractivity contribution is 5.79. The molecule has 0 aromatic carbocycles. The quantitative estimate of drug-likeness (QED) is 0.781. The molecule has 1 aliphatic heterocycles. The third kappa shape index (κ3) is 3.14. The molecule has 2 atom stereocenters. The van der Waals surface area contributed by atoms with E-state index in [4.69, 9.17) is 4.74 Å². The van der Waals surface area contributed by atoms with E-state index in [1.807, 2.05) is 11.1 Å². The molecular formula is C19H27N3O2. The van der Waals surface area contributed by atoms with Crippen LogP contribution in [0, 0.1) is 11.8 Å². The molecule has 0 spiro atoms. The maximum Gasteiger partial charge on any atom is 0.226 e. The normalized spacial score (nSPS) is 26.5. The van der Waals surface area contributed by atoms with E-state index < -0.39 is 0 Å². The van der Waals surface area contributed by atoms with Crippen molar-refractivity contribution in [2.45, 2.75) is 51.1 Å². The monoisotopic (exact) mass is 329 g/mol. The van der Waals surface area contributed by atoms with Gasteiger partial charge in [-0.1, -0.05) is 12.2 Å². The first-order valence-corrected chi connectivity index (χ1v) is 9.23. The average molecular weight is 329 g/mol. The molecule has 4 rings (SSSR count). The van der Waals surface area contributed by atoms with Crippen LogP contribution in [0.25, 0.3) is 0 Å². The number of carbonyl (C=O) groups excluding carboxylic acids is 1. The topological polar surface area (TPSA) is 47.4 Å². The second-order valence-corrected chi connectivity index (χ2v) is 7.53. The molecule has 5 nitrogen and oxygen atoms in total. The zero-order valence-electron chi connectivity index (χ0n) is 14.5. The zero-order chi connectivity index (χ0) is 16.5. The molecule has 1 aromatic rings. The van der Waals surface area contributed by atoms with Crippen molar-refractivity contribution in [1.29, 1.82) is 0 Å². The number of rotatable bonds is 5. The van der Waals surface area contributed by atoms with Gasteiger partial charge < -0.3 is 9.64 Å². The van der Waals surface area contributed by atoms with Crippen LogP contribution in [0.3, 0.4) is 0 Å². The van der Waals surface area contributed by atoms with Crippen molar-refractivity contribution >= 4 is 5.91 Å². The molecule has 0 N–H and O–H groups in total. The fourth-order valence-corrected chi connectivity index (χ4v) is 4.12. The summed E-state index contributed by atoms with van der Waals surface area (Å²) in [5.74, 6) is 1.50. The van der Waals surface area contributed by atoms with Crippen molar-refractivity contribution < 1.29 is 9.53 Å². The molecule has 2 unspecified atom stereocenters. The molecule has 2 heterocycles. The van der Waals surface area contributed by atoms with Crippen LogP contribution in [0.4, 0.5) is 0 Å². The van der Waals surface area contributed by atoms with E-state index in [1.54, 1.807) is 7.11 Å². The number of hydrogen-bond donors (Lipinski definition) is 0. The van der Waals surface area contributed by atoms with E-state index in [2.05, 4.69) is 21.9 Å². The molecule has 1 saturated carbocycles. The molecule has 0 radical (unpaired) electrons. The molecule has 1 amide bonds. The lowest BCUT2D eigenvalue weighted by atomic mass is 9.90. The Morgan fingerprint density at radius 1 is 1.33 bits per heavy atom. The summed E-state index contributed by atoms with van der Waals surface area (Å²) in [5.41, 5.74) is 2.51. The number of amides is 1. The molecule has 1 aromatic heterocycles. The molecule has 0 saturated heterocycles. The third-order valence-corrected chi connectivity index (χ3v) is 5.57. The van der Waals surface area contributed by atoms with E-state index in [9.17, 15) is 4.79 Å². The van der Waals surface area contributed by atoms with Crippen LogP contribution in [-0.2, 0) is 22.6 Å². The highest BCUT2D eigenvalue weighted by Gasteiger charge is 2.35. The Morgan fingerprint density at radius 2 is 2.21 bits per heavy atom. The number of nitrogens with zero attached hydrogens (tertiary/aromatic N) is 3. The van der Waals surface area contributed by atoms with E-state index in [-0.39, 0.29) is 11.8 Å². The van der Waals surface area contributed by atoms with Gasteiger partial charge in [-0.2, -0.15) is 5.10 Å². The fourth-order valence-electron chi connectivity index (χ4n) is 4.12. The molecule has 130 valence electrons. The number of aromatic nitrogens is 2. The van der Waals surface area contributed by atoms with E-state index in [1.165, 1.54) is 24.1 Å². The summed E-state index contributed by atoms with van der Waals surface area (Å²) in [6, 6.07) is 0. The van der Waals surface area contributed by atoms with Crippen LogP contribution in [0.2, 0.25) is 0 Å². The summed E-state index contributed by atoms with van der Waals surface area (Å²) in [6.07, 6.45) is 11.9. The van der Waals surface area contributed by atoms with Gasteiger partial charge >= 0.3 is 0 Å². The Bertz CT molecular complexity index is 633. The lowest BCUT2D eigenvalue weighted by Crippen LogP contribution is -2.43. The van der Waals surface area contributed by atoms with Crippen molar-refractivity contribution in [3.63, 3.8) is 0 Å². The van der Waals surface area contributed by atoms with Crippen LogP contribution in [0.15, 0.2) is 18.3 Å². The van der Waals surface area contributed by atoms with Crippen molar-refractivity contribution in [2.75, 3.05) is 20.3 Å². The smallest absolute Gasteiger partial charge is 0.226 e. The Morgan fingerprint density at radius 3 is 2.92 bits per heavy atom. The van der Waals surface area contributed by atoms with Gasteiger partial charge in [0.05, 0.1) is 18.5 Å². The van der Waals surface area contributed by atoms with Gasteiger partial charge in [0.15, 0.2) is 0 Å². The maximum absolute atomic E-state index is 12.9. The van der Waals surface area contributed by atoms with Gasteiger partial charge in [0.25, 0.3) is 0 Å². The number of fused-ring (bicyclic) bond motifs is 1. The van der Waals surface area contributed by atoms with E-state index >= 15 is 0 Å². The summed E-state index contributed by atoms with van der Waals surface area (Å²) in [6.45, 7) is 3.14. The van der Waals surface area contributed by atoms with Crippen molar-refractivity contribution in [3.05, 3.63) is 29.6 Å². The predicted octanol–water partition coefficient (Wildman–Crippen LogP) is 2.72. The number of allylic oxidation sites excluding steroid dienone is 2. The number of methoxy groups -OCH3 is 1. The van der Waals surface area contributed by atoms with Crippen LogP contribution >= 0.6 is 0 Å². The fraction of sp³-hybridized carbons (Fsp3) is 0.684. The lowest BCUT2D eigenvalue weighted by molar-refractivity contribution is -0.137. The minimum atomic E-state index is 0.154. The summed E-state index contributed by atoms with van der Waals surface area (Å²) in [5, 5.41) is 4.63. The van der Waals surface area contributed by atoms with Crippen molar-refractivity contribution in [1.82, 2.24) is 14.7 Å². The summed E-state index contributed by atoms with van der Waals surface area (Å²) >= 11 is 0. The molecule has 0 bridgehead atoms. The first-order chi connectivity index (χ1) is 11.8. The molecular weight excluding hydrogens is 302 g/mol. The van der Waals surface area contributed by atoms with Gasteiger partial charge in [-0.25, -0.2) is 0 Å². The number of hydrogen-bond acceptors (Lipinski definition) is 3. The lowest BCUT2D eigenvalue weighted by Gasteiger charge is -2.35. The zero-order valence-corrected chi connectivity index (χ0v) is 14.5. The van der Waals surface area contributed by atoms with Gasteiger partial charge in [0.1, 0.15) is 0 Å². The Labute approximate surface area is 143 Å². The Hall–Kier alpha value is -1.62. The van der Waals surface area contributed by atoms with Gasteiger partial charge in [-0.05, 0) is 38.0 Å². The molecule has 2 aliphatic carbocycles. The minimum absolute atomic E-state index is 0.154. The van der Waals surface area contributed by atoms with Crippen molar-refractivity contribution in [2.24, 2.45) is 11.8 Å². The van der Waals surface area contributed by atoms with E-state index in [0.717, 1.165) is 38.3 Å². The minimum Gasteiger partial charge on any atom is -0.384 e. The SMILES string of the molecule is COCC1CN(C(=O)C2CC=CCC2)Cc2cnn(CC3CC3)c21. The van der Waals surface area contributed by atoms with Gasteiger partial charge in [-0.15, -0.1) is 0 Å². The second kappa shape index (κ2) is 6.71. The number of carbonyl (C=O) groups is 1. The molecule has 3 aliphatic rings. The van der Waals surface area contributed by atoms with Crippen LogP contribution in [0.5, 0.6) is 0 Å². The summed E-state index contributed by atoms with van der Waals surface area (Å²) < 4.78 is 7.65. The molecule has 24 heavy (non-hydrogen) atoms. The van der Waals surface area contributed by atoms with Crippen LogP contribution < -0.4 is 0 Å². The molecule has 5 heteroatoms. The average Bonchev–Trinajstić information content (AvgIpc) is 3.34. The summed E-state index contributed by atoms with van der Waals surface area (Å²) in [4.78, 5) is 15.0. The van der Waals surface area contributed by atoms with Crippen LogP contribution in [-0.4, -0.2) is 40.8 Å². The Kier molecular flexibility index (Phi) is 4.44. The summed E-state index contributed by atoms with van der Waals surface area (Å²) in [7, 11) is 1.74. The Balaban J connectivity index is 1.54. The first-order valence-electron chi connectivity index (χ1n) is 9.23. The molecule has 1 fully saturated rings. The maximum atomic E-state index is 12.9. The van der Waals surface area contributed by atoms with Gasteiger partial charge in [-0.3, -0.25) is 9.48 Å².